The van der Waals surface area contributed by atoms with Gasteiger partial charge in [-0.15, -0.1) is 0 Å². The number of allylic oxidation sites excluding steroid dienone is 1. The number of halogens is 4. The number of pyridine rings is 2. The van der Waals surface area contributed by atoms with Gasteiger partial charge in [0.25, 0.3) is 0 Å². The molecule has 3 aromatic heterocycles. The van der Waals surface area contributed by atoms with Gasteiger partial charge in [0, 0.05) is 42.2 Å². The minimum Gasteiger partial charge on any atom is -0.504 e. The molecule has 3 rings (SSSR count). The number of rotatable bonds is 4. The number of hydrogen-bond donors (Lipinski definition) is 2. The molecule has 0 saturated carbocycles. The van der Waals surface area contributed by atoms with Crippen molar-refractivity contribution in [3.8, 4) is 5.69 Å². The summed E-state index contributed by atoms with van der Waals surface area (Å²) in [5.41, 5.74) is 4.88. The Morgan fingerprint density at radius 3 is 1.94 bits per heavy atom. The van der Waals surface area contributed by atoms with Gasteiger partial charge in [-0.05, 0) is 19.9 Å². The Labute approximate surface area is 199 Å². The van der Waals surface area contributed by atoms with Crippen molar-refractivity contribution >= 4 is 57.9 Å². The Hall–Kier alpha value is -2.36. The third-order valence-electron chi connectivity index (χ3n) is 3.19. The van der Waals surface area contributed by atoms with E-state index in [2.05, 4.69) is 25.2 Å². The van der Waals surface area contributed by atoms with Crippen molar-refractivity contribution in [2.24, 2.45) is 5.84 Å². The summed E-state index contributed by atoms with van der Waals surface area (Å²) in [6.07, 6.45) is 4.43. The van der Waals surface area contributed by atoms with Gasteiger partial charge in [0.15, 0.2) is 5.78 Å². The monoisotopic (exact) mass is 504 g/mol. The highest BCUT2D eigenvalue weighted by atomic mass is 35.5. The van der Waals surface area contributed by atoms with Crippen LogP contribution in [0.2, 0.25) is 20.6 Å². The highest BCUT2D eigenvalue weighted by molar-refractivity contribution is 6.33. The van der Waals surface area contributed by atoms with E-state index in [1.165, 1.54) is 26.4 Å². The van der Waals surface area contributed by atoms with Gasteiger partial charge in [-0.3, -0.25) is 10.6 Å². The average Bonchev–Trinajstić information content (AvgIpc) is 3.12. The number of hydrogen-bond acceptors (Lipinski definition) is 7. The zero-order valence-corrected chi connectivity index (χ0v) is 19.8. The van der Waals surface area contributed by atoms with E-state index < -0.39 is 0 Å². The van der Waals surface area contributed by atoms with Crippen molar-refractivity contribution in [2.45, 2.75) is 13.8 Å². The molecule has 0 saturated heterocycles. The lowest BCUT2D eigenvalue weighted by Gasteiger charge is -2.04. The Bertz CT molecular complexity index is 986. The second kappa shape index (κ2) is 13.8. The number of aryl methyl sites for hydroxylation is 1. The van der Waals surface area contributed by atoms with Crippen LogP contribution in [0.15, 0.2) is 48.9 Å². The van der Waals surface area contributed by atoms with Crippen LogP contribution in [-0.4, -0.2) is 32.6 Å². The van der Waals surface area contributed by atoms with Crippen molar-refractivity contribution in [1.82, 2.24) is 19.7 Å². The number of nitrogens with two attached hydrogens (primary N) is 1. The molecule has 12 heteroatoms. The van der Waals surface area contributed by atoms with Crippen molar-refractivity contribution in [2.75, 3.05) is 12.5 Å². The van der Waals surface area contributed by atoms with Crippen LogP contribution in [0.1, 0.15) is 12.6 Å². The summed E-state index contributed by atoms with van der Waals surface area (Å²) in [4.78, 5) is 17.6. The van der Waals surface area contributed by atoms with E-state index in [-0.39, 0.29) is 5.78 Å². The summed E-state index contributed by atoms with van der Waals surface area (Å²) in [5.74, 6) is 5.09. The molecule has 3 aromatic rings. The second-order valence-corrected chi connectivity index (χ2v) is 7.20. The number of carbonyl (C=O) groups excluding carboxylic acids is 1. The predicted octanol–water partition coefficient (Wildman–Crippen LogP) is 5.29. The molecule has 0 aliphatic rings. The van der Waals surface area contributed by atoms with E-state index in [0.29, 0.717) is 26.3 Å². The summed E-state index contributed by atoms with van der Waals surface area (Å²) in [6.45, 7) is 3.42. The van der Waals surface area contributed by atoms with Gasteiger partial charge < -0.3 is 10.2 Å². The standard InChI is InChI=1S/C9H7Cl2N3.C5H5Cl2N3.C5H8O2/c1-6-2-3-12-14(6)7-4-8(10)13-9(11)5-7;6-4-1-3(10-8)2-5(7)9-4;1-5(6)3-4-7-2/h2-5H,1H3;1-2H,8H2,(H,9,10);3-4H,1-2H3/b;;4-3+. The highest BCUT2D eigenvalue weighted by Crippen LogP contribution is 2.19. The van der Waals surface area contributed by atoms with E-state index in [0.717, 1.165) is 11.4 Å². The number of ketones is 1. The van der Waals surface area contributed by atoms with E-state index >= 15 is 0 Å². The van der Waals surface area contributed by atoms with E-state index in [4.69, 9.17) is 52.2 Å². The van der Waals surface area contributed by atoms with Crippen LogP contribution in [0.3, 0.4) is 0 Å². The van der Waals surface area contributed by atoms with Gasteiger partial charge in [0.1, 0.15) is 20.6 Å². The molecule has 0 unspecified atom stereocenters. The number of methoxy groups -OCH3 is 1. The third-order valence-corrected chi connectivity index (χ3v) is 3.97. The van der Waals surface area contributed by atoms with Crippen LogP contribution in [0.5, 0.6) is 0 Å². The first kappa shape index (κ1) is 26.7. The molecule has 3 heterocycles. The molecule has 0 bridgehead atoms. The van der Waals surface area contributed by atoms with Gasteiger partial charge in [0.05, 0.1) is 24.7 Å². The summed E-state index contributed by atoms with van der Waals surface area (Å²) in [5, 5.41) is 5.51. The molecule has 0 aliphatic carbocycles. The SMILES string of the molecule is CO/C=C/C(C)=O.Cc1ccnn1-c1cc(Cl)nc(Cl)c1.NNc1cc(Cl)nc(Cl)c1. The number of anilines is 1. The molecular formula is C19H20Cl4N6O2. The molecule has 31 heavy (non-hydrogen) atoms. The third kappa shape index (κ3) is 10.5. The Morgan fingerprint density at radius 2 is 1.58 bits per heavy atom. The smallest absolute Gasteiger partial charge is 0.155 e. The lowest BCUT2D eigenvalue weighted by atomic mass is 10.4. The first-order valence-corrected chi connectivity index (χ1v) is 10.0. The maximum absolute atomic E-state index is 10.0. The van der Waals surface area contributed by atoms with Gasteiger partial charge >= 0.3 is 0 Å². The minimum absolute atomic E-state index is 0.00171. The lowest BCUT2D eigenvalue weighted by molar-refractivity contribution is -0.112. The van der Waals surface area contributed by atoms with Crippen LogP contribution in [0, 0.1) is 6.92 Å². The average molecular weight is 506 g/mol. The Kier molecular flexibility index (Phi) is 11.9. The van der Waals surface area contributed by atoms with Gasteiger partial charge in [-0.25, -0.2) is 14.6 Å². The molecule has 0 radical (unpaired) electrons. The van der Waals surface area contributed by atoms with Gasteiger partial charge in [0.2, 0.25) is 0 Å². The van der Waals surface area contributed by atoms with Crippen molar-refractivity contribution in [3.05, 3.63) is 75.2 Å². The van der Waals surface area contributed by atoms with Crippen molar-refractivity contribution < 1.29 is 9.53 Å². The fourth-order valence-electron chi connectivity index (χ4n) is 1.93. The van der Waals surface area contributed by atoms with Crippen LogP contribution < -0.4 is 11.3 Å². The molecule has 8 nitrogen and oxygen atoms in total. The first-order valence-electron chi connectivity index (χ1n) is 8.50. The van der Waals surface area contributed by atoms with Crippen LogP contribution in [-0.2, 0) is 9.53 Å². The predicted molar refractivity (Wildman–Crippen MR) is 125 cm³/mol. The summed E-state index contributed by atoms with van der Waals surface area (Å²) in [7, 11) is 1.50. The fraction of sp³-hybridized carbons (Fsp3) is 0.158. The molecule has 0 aliphatic heterocycles. The first-order chi connectivity index (χ1) is 14.7. The van der Waals surface area contributed by atoms with Crippen LogP contribution >= 0.6 is 46.4 Å². The van der Waals surface area contributed by atoms with Crippen molar-refractivity contribution in [3.63, 3.8) is 0 Å². The maximum atomic E-state index is 10.0. The molecule has 0 aromatic carbocycles. The van der Waals surface area contributed by atoms with Crippen LogP contribution in [0.25, 0.3) is 5.69 Å². The second-order valence-electron chi connectivity index (χ2n) is 5.65. The highest BCUT2D eigenvalue weighted by Gasteiger charge is 2.04. The van der Waals surface area contributed by atoms with E-state index in [9.17, 15) is 4.79 Å². The number of carbonyl (C=O) groups is 1. The lowest BCUT2D eigenvalue weighted by Crippen LogP contribution is -2.06. The number of hydrazine groups is 1. The summed E-state index contributed by atoms with van der Waals surface area (Å²) >= 11 is 22.6. The molecule has 0 amide bonds. The van der Waals surface area contributed by atoms with E-state index in [1.807, 2.05) is 13.0 Å². The molecule has 0 spiro atoms. The molecule has 0 fully saturated rings. The minimum atomic E-state index is 0.00171. The van der Waals surface area contributed by atoms with Crippen LogP contribution in [0.4, 0.5) is 5.69 Å². The quantitative estimate of drug-likeness (QED) is 0.163. The zero-order chi connectivity index (χ0) is 23.4. The largest absolute Gasteiger partial charge is 0.504 e. The van der Waals surface area contributed by atoms with Gasteiger partial charge in [-0.1, -0.05) is 46.4 Å². The van der Waals surface area contributed by atoms with E-state index in [1.54, 1.807) is 35.1 Å². The fourth-order valence-corrected chi connectivity index (χ4v) is 2.84. The number of nitrogens with zero attached hydrogens (tertiary/aromatic N) is 4. The molecule has 166 valence electrons. The maximum Gasteiger partial charge on any atom is 0.155 e. The number of ether oxygens (including phenoxy) is 1. The summed E-state index contributed by atoms with van der Waals surface area (Å²) < 4.78 is 6.20. The normalized spacial score (nSPS) is 9.94. The number of aromatic nitrogens is 4. The van der Waals surface area contributed by atoms with Gasteiger partial charge in [-0.2, -0.15) is 5.10 Å². The topological polar surface area (TPSA) is 108 Å². The Balaban J connectivity index is 0.000000249. The van der Waals surface area contributed by atoms with Crippen molar-refractivity contribution in [1.29, 1.82) is 0 Å². The number of nitrogens with one attached hydrogen (secondary N) is 1. The summed E-state index contributed by atoms with van der Waals surface area (Å²) in [6, 6.07) is 8.49. The molecule has 3 N–H and O–H groups in total. The molecule has 0 atom stereocenters. The number of nitrogen functional groups attached to an aromatic ring is 1. The zero-order valence-electron chi connectivity index (χ0n) is 16.8. The Morgan fingerprint density at radius 1 is 1.06 bits per heavy atom. The molecular weight excluding hydrogens is 486 g/mol.